The predicted molar refractivity (Wildman–Crippen MR) is 96.6 cm³/mol. The molecule has 3 rings (SSSR count). The Morgan fingerprint density at radius 1 is 1.21 bits per heavy atom. The minimum atomic E-state index is 0.442. The van der Waals surface area contributed by atoms with Gasteiger partial charge in [0.25, 0.3) is 5.88 Å². The van der Waals surface area contributed by atoms with Crippen molar-refractivity contribution in [2.45, 2.75) is 19.8 Å². The van der Waals surface area contributed by atoms with E-state index in [1.165, 1.54) is 12.8 Å². The van der Waals surface area contributed by atoms with Crippen LogP contribution in [0.5, 0.6) is 17.4 Å². The number of ether oxygens (including phenoxy) is 2. The van der Waals surface area contributed by atoms with Crippen molar-refractivity contribution in [1.82, 2.24) is 10.3 Å². The van der Waals surface area contributed by atoms with Crippen molar-refractivity contribution >= 4 is 23.2 Å². The first-order valence-corrected chi connectivity index (χ1v) is 8.81. The van der Waals surface area contributed by atoms with Gasteiger partial charge in [0.1, 0.15) is 5.75 Å². The van der Waals surface area contributed by atoms with Gasteiger partial charge in [0.2, 0.25) is 0 Å². The average molecular weight is 367 g/mol. The van der Waals surface area contributed by atoms with E-state index in [9.17, 15) is 0 Å². The van der Waals surface area contributed by atoms with E-state index in [0.29, 0.717) is 39.9 Å². The molecule has 0 saturated carbocycles. The van der Waals surface area contributed by atoms with Crippen molar-refractivity contribution in [2.24, 2.45) is 5.92 Å². The van der Waals surface area contributed by atoms with E-state index in [2.05, 4.69) is 10.3 Å². The maximum absolute atomic E-state index is 6.04. The smallest absolute Gasteiger partial charge is 0.262 e. The molecule has 1 aliphatic heterocycles. The van der Waals surface area contributed by atoms with Crippen molar-refractivity contribution < 1.29 is 9.47 Å². The third-order valence-corrected chi connectivity index (χ3v) is 4.68. The second-order valence-corrected chi connectivity index (χ2v) is 6.77. The van der Waals surface area contributed by atoms with Crippen LogP contribution in [0.15, 0.2) is 30.3 Å². The summed E-state index contributed by atoms with van der Waals surface area (Å²) >= 11 is 12.0. The molecule has 128 valence electrons. The zero-order valence-corrected chi connectivity index (χ0v) is 15.0. The Hall–Kier alpha value is -1.49. The summed E-state index contributed by atoms with van der Waals surface area (Å²) in [6, 6.07) is 8.93. The highest BCUT2D eigenvalue weighted by Gasteiger charge is 2.16. The predicted octanol–water partition coefficient (Wildman–Crippen LogP) is 4.87. The monoisotopic (exact) mass is 366 g/mol. The van der Waals surface area contributed by atoms with Crippen LogP contribution in [0.4, 0.5) is 0 Å². The standard InChI is InChI=1S/C18H20Cl2N2O2/c1-12-4-7-17(23-11-13-3-2-8-21-10-13)18(22-12)24-14-5-6-15(19)16(20)9-14/h4-7,9,13,21H,2-3,8,10-11H2,1H3/t13-/m0/s1. The molecular weight excluding hydrogens is 347 g/mol. The van der Waals surface area contributed by atoms with Crippen LogP contribution < -0.4 is 14.8 Å². The number of hydrogen-bond donors (Lipinski definition) is 1. The van der Waals surface area contributed by atoms with E-state index in [4.69, 9.17) is 32.7 Å². The first-order chi connectivity index (χ1) is 11.6. The summed E-state index contributed by atoms with van der Waals surface area (Å²) in [5.41, 5.74) is 0.858. The summed E-state index contributed by atoms with van der Waals surface area (Å²) in [6.07, 6.45) is 2.36. The molecule has 1 aliphatic rings. The lowest BCUT2D eigenvalue weighted by Gasteiger charge is -2.23. The van der Waals surface area contributed by atoms with E-state index in [-0.39, 0.29) is 0 Å². The summed E-state index contributed by atoms with van der Waals surface area (Å²) < 4.78 is 11.8. The van der Waals surface area contributed by atoms with Gasteiger partial charge in [0.05, 0.1) is 16.7 Å². The lowest BCUT2D eigenvalue weighted by atomic mass is 10.0. The molecule has 1 saturated heterocycles. The summed E-state index contributed by atoms with van der Waals surface area (Å²) in [5.74, 6) is 2.17. The molecule has 0 radical (unpaired) electrons. The van der Waals surface area contributed by atoms with Crippen molar-refractivity contribution in [3.63, 3.8) is 0 Å². The lowest BCUT2D eigenvalue weighted by Crippen LogP contribution is -2.33. The van der Waals surface area contributed by atoms with E-state index in [1.54, 1.807) is 18.2 Å². The molecule has 0 bridgehead atoms. The number of aromatic nitrogens is 1. The van der Waals surface area contributed by atoms with Crippen molar-refractivity contribution in [1.29, 1.82) is 0 Å². The number of halogens is 2. The Labute approximate surface area is 152 Å². The molecule has 2 heterocycles. The van der Waals surface area contributed by atoms with Crippen LogP contribution in [0.1, 0.15) is 18.5 Å². The maximum Gasteiger partial charge on any atom is 0.262 e. The summed E-state index contributed by atoms with van der Waals surface area (Å²) in [5, 5.41) is 4.32. The number of pyridine rings is 1. The SMILES string of the molecule is Cc1ccc(OC[C@H]2CCCNC2)c(Oc2ccc(Cl)c(Cl)c2)n1. The molecule has 0 spiro atoms. The number of hydrogen-bond acceptors (Lipinski definition) is 4. The Morgan fingerprint density at radius 2 is 2.08 bits per heavy atom. The molecule has 0 unspecified atom stereocenters. The fourth-order valence-corrected chi connectivity index (χ4v) is 2.92. The van der Waals surface area contributed by atoms with Gasteiger partial charge in [-0.1, -0.05) is 23.2 Å². The summed E-state index contributed by atoms with van der Waals surface area (Å²) in [6.45, 7) is 4.64. The van der Waals surface area contributed by atoms with Gasteiger partial charge < -0.3 is 14.8 Å². The quantitative estimate of drug-likeness (QED) is 0.819. The third-order valence-electron chi connectivity index (χ3n) is 3.94. The minimum absolute atomic E-state index is 0.442. The van der Waals surface area contributed by atoms with Crippen LogP contribution in [0.3, 0.4) is 0 Å². The first kappa shape index (κ1) is 17.3. The van der Waals surface area contributed by atoms with Crippen LogP contribution in [0.2, 0.25) is 10.0 Å². The molecule has 1 fully saturated rings. The Kier molecular flexibility index (Phi) is 5.82. The Bertz CT molecular complexity index is 703. The number of rotatable bonds is 5. The first-order valence-electron chi connectivity index (χ1n) is 8.06. The molecule has 2 aromatic rings. The molecule has 6 heteroatoms. The van der Waals surface area contributed by atoms with Crippen LogP contribution in [0, 0.1) is 12.8 Å². The lowest BCUT2D eigenvalue weighted by molar-refractivity contribution is 0.211. The average Bonchev–Trinajstić information content (AvgIpc) is 2.58. The number of piperidine rings is 1. The topological polar surface area (TPSA) is 43.4 Å². The fraction of sp³-hybridized carbons (Fsp3) is 0.389. The van der Waals surface area contributed by atoms with Crippen LogP contribution in [-0.2, 0) is 0 Å². The highest BCUT2D eigenvalue weighted by molar-refractivity contribution is 6.42. The number of nitrogens with one attached hydrogen (secondary N) is 1. The number of benzene rings is 1. The molecular formula is C18H20Cl2N2O2. The van der Waals surface area contributed by atoms with Crippen molar-refractivity contribution in [3.05, 3.63) is 46.1 Å². The normalized spacial score (nSPS) is 17.5. The van der Waals surface area contributed by atoms with Gasteiger partial charge in [0.15, 0.2) is 5.75 Å². The molecule has 1 N–H and O–H groups in total. The maximum atomic E-state index is 6.04. The zero-order chi connectivity index (χ0) is 16.9. The van der Waals surface area contributed by atoms with Gasteiger partial charge >= 0.3 is 0 Å². The highest BCUT2D eigenvalue weighted by atomic mass is 35.5. The van der Waals surface area contributed by atoms with Gasteiger partial charge in [0, 0.05) is 24.2 Å². The molecule has 1 aromatic heterocycles. The van der Waals surface area contributed by atoms with Crippen molar-refractivity contribution in [2.75, 3.05) is 19.7 Å². The number of nitrogens with zero attached hydrogens (tertiary/aromatic N) is 1. The Balaban J connectivity index is 1.73. The molecule has 0 amide bonds. The van der Waals surface area contributed by atoms with E-state index in [1.807, 2.05) is 19.1 Å². The van der Waals surface area contributed by atoms with Gasteiger partial charge in [-0.25, -0.2) is 4.98 Å². The third kappa shape index (κ3) is 4.53. The second-order valence-electron chi connectivity index (χ2n) is 5.96. The molecule has 4 nitrogen and oxygen atoms in total. The van der Waals surface area contributed by atoms with Gasteiger partial charge in [-0.15, -0.1) is 0 Å². The molecule has 1 atom stereocenters. The van der Waals surface area contributed by atoms with Crippen molar-refractivity contribution in [3.8, 4) is 17.4 Å². The zero-order valence-electron chi connectivity index (χ0n) is 13.5. The van der Waals surface area contributed by atoms with Gasteiger partial charge in [-0.3, -0.25) is 0 Å². The molecule has 1 aromatic carbocycles. The Morgan fingerprint density at radius 3 is 2.83 bits per heavy atom. The van der Waals surface area contributed by atoms with Gasteiger partial charge in [-0.05, 0) is 50.6 Å². The molecule has 24 heavy (non-hydrogen) atoms. The summed E-state index contributed by atoms with van der Waals surface area (Å²) in [7, 11) is 0. The largest absolute Gasteiger partial charge is 0.488 e. The minimum Gasteiger partial charge on any atom is -0.488 e. The fourth-order valence-electron chi connectivity index (χ4n) is 2.63. The van der Waals surface area contributed by atoms with Crippen LogP contribution in [-0.4, -0.2) is 24.7 Å². The van der Waals surface area contributed by atoms with E-state index < -0.39 is 0 Å². The van der Waals surface area contributed by atoms with Crippen LogP contribution in [0.25, 0.3) is 0 Å². The van der Waals surface area contributed by atoms with Gasteiger partial charge in [-0.2, -0.15) is 0 Å². The summed E-state index contributed by atoms with van der Waals surface area (Å²) in [4.78, 5) is 4.45. The number of aryl methyl sites for hydroxylation is 1. The second kappa shape index (κ2) is 8.06. The van der Waals surface area contributed by atoms with Crippen LogP contribution >= 0.6 is 23.2 Å². The van der Waals surface area contributed by atoms with E-state index >= 15 is 0 Å². The van der Waals surface area contributed by atoms with E-state index in [0.717, 1.165) is 18.8 Å². The highest BCUT2D eigenvalue weighted by Crippen LogP contribution is 2.33. The molecule has 0 aliphatic carbocycles.